The Morgan fingerprint density at radius 1 is 1.07 bits per heavy atom. The first-order valence-corrected chi connectivity index (χ1v) is 9.29. The van der Waals surface area contributed by atoms with Gasteiger partial charge in [0.15, 0.2) is 12.4 Å². The monoisotopic (exact) mass is 393 g/mol. The topological polar surface area (TPSA) is 87.1 Å². The second-order valence-corrected chi connectivity index (χ2v) is 6.71. The third kappa shape index (κ3) is 4.13. The van der Waals surface area contributed by atoms with Gasteiger partial charge in [0.2, 0.25) is 5.54 Å². The highest BCUT2D eigenvalue weighted by atomic mass is 16.5. The number of allylic oxidation sites excluding steroid dienone is 2. The number of rotatable bonds is 9. The van der Waals surface area contributed by atoms with E-state index in [1.54, 1.807) is 54.9 Å². The summed E-state index contributed by atoms with van der Waals surface area (Å²) in [6.45, 7) is 0.0298. The van der Waals surface area contributed by atoms with Crippen molar-refractivity contribution in [2.45, 2.75) is 30.8 Å². The van der Waals surface area contributed by atoms with Gasteiger partial charge in [0, 0.05) is 12.4 Å². The highest BCUT2D eigenvalue weighted by Crippen LogP contribution is 2.38. The summed E-state index contributed by atoms with van der Waals surface area (Å²) in [6.07, 6.45) is 4.74. The Morgan fingerprint density at radius 2 is 1.66 bits per heavy atom. The van der Waals surface area contributed by atoms with Crippen molar-refractivity contribution in [1.82, 2.24) is 4.90 Å². The molecule has 0 bridgehead atoms. The Morgan fingerprint density at radius 3 is 2.21 bits per heavy atom. The standard InChI is InChI=1S/C23H23NO5/c25-16-20(29-17-18-10-4-1-5-11-18)23(22(27)28,24-14-8-3-9-15-24)21(26)19-12-6-2-7-13-19/h1-2,4-16,20-21,26H,3,17H2,(H,27,28). The lowest BCUT2D eigenvalue weighted by Crippen LogP contribution is -2.63. The maximum Gasteiger partial charge on any atom is 0.336 e. The number of carboxylic acid groups (broad SMARTS) is 1. The summed E-state index contributed by atoms with van der Waals surface area (Å²) < 4.78 is 5.78. The number of aliphatic carboxylic acids is 1. The minimum atomic E-state index is -2.08. The molecule has 0 saturated carbocycles. The Labute approximate surface area is 169 Å². The van der Waals surface area contributed by atoms with Crippen molar-refractivity contribution in [2.75, 3.05) is 0 Å². The molecule has 0 radical (unpaired) electrons. The molecule has 6 nitrogen and oxygen atoms in total. The van der Waals surface area contributed by atoms with Crippen molar-refractivity contribution < 1.29 is 24.5 Å². The molecule has 1 aliphatic heterocycles. The highest BCUT2D eigenvalue weighted by Gasteiger charge is 2.57. The third-order valence-electron chi connectivity index (χ3n) is 4.94. The van der Waals surface area contributed by atoms with Crippen LogP contribution in [0.15, 0.2) is 85.2 Å². The zero-order valence-corrected chi connectivity index (χ0v) is 15.8. The molecule has 6 heteroatoms. The summed E-state index contributed by atoms with van der Waals surface area (Å²) in [5.74, 6) is -1.37. The van der Waals surface area contributed by atoms with Crippen LogP contribution < -0.4 is 0 Å². The SMILES string of the molecule is O=CC(OCc1ccccc1)C(C(=O)O)(C(O)c1ccccc1)N1C=CCC=C1. The average Bonchev–Trinajstić information content (AvgIpc) is 2.78. The zero-order valence-electron chi connectivity index (χ0n) is 15.8. The van der Waals surface area contributed by atoms with E-state index in [2.05, 4.69) is 0 Å². The second-order valence-electron chi connectivity index (χ2n) is 6.71. The normalized spacial score (nSPS) is 17.3. The van der Waals surface area contributed by atoms with Gasteiger partial charge >= 0.3 is 5.97 Å². The summed E-state index contributed by atoms with van der Waals surface area (Å²) in [5, 5.41) is 21.5. The van der Waals surface area contributed by atoms with Crippen molar-refractivity contribution >= 4 is 12.3 Å². The van der Waals surface area contributed by atoms with Crippen LogP contribution in [0.3, 0.4) is 0 Å². The lowest BCUT2D eigenvalue weighted by atomic mass is 9.81. The van der Waals surface area contributed by atoms with Gasteiger partial charge < -0.3 is 24.6 Å². The molecule has 2 aromatic carbocycles. The number of aliphatic hydroxyl groups is 1. The number of hydrogen-bond donors (Lipinski definition) is 2. The Bertz CT molecular complexity index is 869. The molecule has 1 heterocycles. The maximum absolute atomic E-state index is 12.6. The molecule has 3 rings (SSSR count). The van der Waals surface area contributed by atoms with Gasteiger partial charge in [-0.3, -0.25) is 0 Å². The fourth-order valence-electron chi connectivity index (χ4n) is 3.44. The predicted molar refractivity (Wildman–Crippen MR) is 108 cm³/mol. The Hall–Kier alpha value is -3.22. The number of carboxylic acids is 1. The molecule has 3 atom stereocenters. The minimum absolute atomic E-state index is 0.0298. The van der Waals surface area contributed by atoms with E-state index in [0.717, 1.165) is 5.56 Å². The van der Waals surface area contributed by atoms with Crippen molar-refractivity contribution in [3.63, 3.8) is 0 Å². The zero-order chi connectivity index (χ0) is 20.7. The van der Waals surface area contributed by atoms with Crippen LogP contribution in [0.1, 0.15) is 23.7 Å². The van der Waals surface area contributed by atoms with Gasteiger partial charge in [-0.2, -0.15) is 0 Å². The number of benzene rings is 2. The van der Waals surface area contributed by atoms with Gasteiger partial charge in [-0.05, 0) is 17.5 Å². The van der Waals surface area contributed by atoms with Crippen LogP contribution in [0.4, 0.5) is 0 Å². The van der Waals surface area contributed by atoms with Crippen LogP contribution in [0.25, 0.3) is 0 Å². The maximum atomic E-state index is 12.6. The Kier molecular flexibility index (Phi) is 6.59. The molecule has 29 heavy (non-hydrogen) atoms. The summed E-state index contributed by atoms with van der Waals surface area (Å²) in [4.78, 5) is 26.1. The van der Waals surface area contributed by atoms with Crippen LogP contribution >= 0.6 is 0 Å². The van der Waals surface area contributed by atoms with Crippen molar-refractivity contribution in [3.05, 3.63) is 96.3 Å². The molecule has 0 aromatic heterocycles. The van der Waals surface area contributed by atoms with Gasteiger partial charge in [0.25, 0.3) is 0 Å². The van der Waals surface area contributed by atoms with E-state index in [-0.39, 0.29) is 6.61 Å². The molecule has 1 aliphatic rings. The van der Waals surface area contributed by atoms with Crippen LogP contribution in [-0.4, -0.2) is 39.0 Å². The quantitative estimate of drug-likeness (QED) is 0.637. The molecule has 2 N–H and O–H groups in total. The molecular weight excluding hydrogens is 370 g/mol. The smallest absolute Gasteiger partial charge is 0.336 e. The number of nitrogens with zero attached hydrogens (tertiary/aromatic N) is 1. The van der Waals surface area contributed by atoms with E-state index in [4.69, 9.17) is 4.74 Å². The third-order valence-corrected chi connectivity index (χ3v) is 4.94. The molecule has 2 aromatic rings. The van der Waals surface area contributed by atoms with E-state index < -0.39 is 23.7 Å². The van der Waals surface area contributed by atoms with Gasteiger partial charge in [-0.1, -0.05) is 72.8 Å². The van der Waals surface area contributed by atoms with Gasteiger partial charge in [0.05, 0.1) is 6.61 Å². The van der Waals surface area contributed by atoms with Crippen molar-refractivity contribution in [2.24, 2.45) is 0 Å². The van der Waals surface area contributed by atoms with Crippen LogP contribution in [0.2, 0.25) is 0 Å². The van der Waals surface area contributed by atoms with Crippen molar-refractivity contribution in [3.8, 4) is 0 Å². The summed E-state index contributed by atoms with van der Waals surface area (Å²) in [6, 6.07) is 17.6. The predicted octanol–water partition coefficient (Wildman–Crippen LogP) is 3.06. The minimum Gasteiger partial charge on any atom is -0.479 e. The average molecular weight is 393 g/mol. The number of hydrogen-bond acceptors (Lipinski definition) is 5. The van der Waals surface area contributed by atoms with Crippen LogP contribution in [0, 0.1) is 0 Å². The number of aliphatic hydroxyl groups excluding tert-OH is 1. The first-order valence-electron chi connectivity index (χ1n) is 9.29. The van der Waals surface area contributed by atoms with Crippen molar-refractivity contribution in [1.29, 1.82) is 0 Å². The lowest BCUT2D eigenvalue weighted by Gasteiger charge is -2.45. The molecule has 0 saturated heterocycles. The molecule has 3 unspecified atom stereocenters. The van der Waals surface area contributed by atoms with E-state index >= 15 is 0 Å². The summed E-state index contributed by atoms with van der Waals surface area (Å²) in [5.41, 5.74) is -0.916. The first kappa shape index (κ1) is 20.5. The largest absolute Gasteiger partial charge is 0.479 e. The highest BCUT2D eigenvalue weighted by molar-refractivity contribution is 5.86. The molecule has 150 valence electrons. The van der Waals surface area contributed by atoms with E-state index in [1.807, 2.05) is 30.3 Å². The number of ether oxygens (including phenoxy) is 1. The van der Waals surface area contributed by atoms with Gasteiger partial charge in [-0.15, -0.1) is 0 Å². The fraction of sp³-hybridized carbons (Fsp3) is 0.217. The molecule has 0 fully saturated rings. The fourth-order valence-corrected chi connectivity index (χ4v) is 3.44. The van der Waals surface area contributed by atoms with E-state index in [0.29, 0.717) is 18.3 Å². The second kappa shape index (κ2) is 9.32. The van der Waals surface area contributed by atoms with E-state index in [1.165, 1.54) is 4.90 Å². The van der Waals surface area contributed by atoms with E-state index in [9.17, 15) is 19.8 Å². The number of carbonyl (C=O) groups is 2. The molecule has 0 amide bonds. The Balaban J connectivity index is 2.05. The van der Waals surface area contributed by atoms with Crippen LogP contribution in [0.5, 0.6) is 0 Å². The van der Waals surface area contributed by atoms with Gasteiger partial charge in [0.1, 0.15) is 6.10 Å². The number of carbonyl (C=O) groups excluding carboxylic acids is 1. The van der Waals surface area contributed by atoms with Crippen LogP contribution in [-0.2, 0) is 20.9 Å². The summed E-state index contributed by atoms with van der Waals surface area (Å²) in [7, 11) is 0. The number of aldehydes is 1. The molecule has 0 aliphatic carbocycles. The summed E-state index contributed by atoms with van der Waals surface area (Å²) >= 11 is 0. The first-order chi connectivity index (χ1) is 14.1. The van der Waals surface area contributed by atoms with Gasteiger partial charge in [-0.25, -0.2) is 4.79 Å². The molecule has 0 spiro atoms. The lowest BCUT2D eigenvalue weighted by molar-refractivity contribution is -0.175. The molecular formula is C23H23NO5.